The Morgan fingerprint density at radius 2 is 1.62 bits per heavy atom. The Balaban J connectivity index is 1.64. The fourth-order valence-corrected chi connectivity index (χ4v) is 5.22. The molecule has 0 aromatic heterocycles. The predicted octanol–water partition coefficient (Wildman–Crippen LogP) is 3.55. The SMILES string of the molecule is CC(C)C[C@H]1C(=O)N[C@H](C(=O)NCCOCCOCCOCCF)Cc2ccc(cc2)OCCC[C@@H]1C(=O)NOCc1ccccc1. The Kier molecular flexibility index (Phi) is 17.8. The number of ether oxygens (including phenoxy) is 4. The summed E-state index contributed by atoms with van der Waals surface area (Å²) in [4.78, 5) is 46.4. The lowest BCUT2D eigenvalue weighted by molar-refractivity contribution is -0.145. The largest absolute Gasteiger partial charge is 0.494 e. The molecule has 0 fully saturated rings. The average Bonchev–Trinajstić information content (AvgIpc) is 3.06. The molecule has 4 rings (SSSR count). The summed E-state index contributed by atoms with van der Waals surface area (Å²) in [6.07, 6.45) is 1.64. The standard InChI is InChI=1S/C35H50FN3O8/c1-26(2)23-31-30(34(41)39-47-25-28-7-4-3-5-8-28)9-6-16-46-29-12-10-27(11-13-29)24-32(38-33(31)40)35(42)37-15-18-44-20-22-45-21-19-43-17-14-36/h3-5,7-8,10-13,26,30-32H,6,9,14-25H2,1-2H3,(H,37,42)(H,38,40)(H,39,41)/t30-,31+,32-/m0/s1. The number of carbonyl (C=O) groups is 3. The predicted molar refractivity (Wildman–Crippen MR) is 174 cm³/mol. The molecule has 2 aromatic carbocycles. The highest BCUT2D eigenvalue weighted by atomic mass is 19.1. The van der Waals surface area contributed by atoms with Crippen molar-refractivity contribution in [1.29, 1.82) is 0 Å². The van der Waals surface area contributed by atoms with E-state index in [9.17, 15) is 18.8 Å². The van der Waals surface area contributed by atoms with Gasteiger partial charge < -0.3 is 29.6 Å². The number of hydroxylamine groups is 1. The Hall–Kier alpha value is -3.58. The maximum atomic E-state index is 14.0. The van der Waals surface area contributed by atoms with Gasteiger partial charge in [0.1, 0.15) is 18.5 Å². The van der Waals surface area contributed by atoms with Crippen molar-refractivity contribution in [3.8, 4) is 5.75 Å². The summed E-state index contributed by atoms with van der Waals surface area (Å²) >= 11 is 0. The molecule has 11 nitrogen and oxygen atoms in total. The maximum absolute atomic E-state index is 14.0. The van der Waals surface area contributed by atoms with Gasteiger partial charge in [-0.05, 0) is 48.4 Å². The van der Waals surface area contributed by atoms with Crippen molar-refractivity contribution >= 4 is 17.7 Å². The van der Waals surface area contributed by atoms with Crippen LogP contribution in [0.15, 0.2) is 54.6 Å². The van der Waals surface area contributed by atoms with E-state index in [1.54, 1.807) is 0 Å². The van der Waals surface area contributed by atoms with Crippen molar-refractivity contribution in [2.45, 2.75) is 52.2 Å². The van der Waals surface area contributed by atoms with E-state index in [-0.39, 0.29) is 56.4 Å². The summed E-state index contributed by atoms with van der Waals surface area (Å²) in [5, 5.41) is 5.83. The van der Waals surface area contributed by atoms with Gasteiger partial charge in [0.2, 0.25) is 17.7 Å². The van der Waals surface area contributed by atoms with Gasteiger partial charge in [-0.3, -0.25) is 19.2 Å². The second kappa shape index (κ2) is 22.1. The van der Waals surface area contributed by atoms with Gasteiger partial charge in [0.25, 0.3) is 0 Å². The van der Waals surface area contributed by atoms with Gasteiger partial charge in [-0.1, -0.05) is 56.3 Å². The highest BCUT2D eigenvalue weighted by molar-refractivity contribution is 5.91. The normalized spacial score (nSPS) is 18.6. The number of halogens is 1. The van der Waals surface area contributed by atoms with Gasteiger partial charge in [-0.2, -0.15) is 0 Å². The lowest BCUT2D eigenvalue weighted by Gasteiger charge is -2.29. The monoisotopic (exact) mass is 659 g/mol. The molecule has 0 saturated carbocycles. The number of fused-ring (bicyclic) bond motifs is 11. The van der Waals surface area contributed by atoms with Crippen molar-refractivity contribution < 1.29 is 42.6 Å². The van der Waals surface area contributed by atoms with Crippen LogP contribution in [0, 0.1) is 17.8 Å². The van der Waals surface area contributed by atoms with E-state index >= 15 is 0 Å². The fourth-order valence-electron chi connectivity index (χ4n) is 5.22. The molecule has 0 aliphatic carbocycles. The van der Waals surface area contributed by atoms with Gasteiger partial charge in [-0.25, -0.2) is 9.87 Å². The molecule has 0 spiro atoms. The van der Waals surface area contributed by atoms with Crippen molar-refractivity contribution in [1.82, 2.24) is 16.1 Å². The summed E-state index contributed by atoms with van der Waals surface area (Å²) in [6, 6.07) is 16.0. The minimum Gasteiger partial charge on any atom is -0.494 e. The Labute approximate surface area is 277 Å². The van der Waals surface area contributed by atoms with E-state index in [2.05, 4.69) is 16.1 Å². The van der Waals surface area contributed by atoms with Crippen LogP contribution in [0.1, 0.15) is 44.2 Å². The van der Waals surface area contributed by atoms with Gasteiger partial charge in [-0.15, -0.1) is 0 Å². The maximum Gasteiger partial charge on any atom is 0.247 e. The molecular weight excluding hydrogens is 609 g/mol. The van der Waals surface area contributed by atoms with Gasteiger partial charge >= 0.3 is 0 Å². The zero-order valence-electron chi connectivity index (χ0n) is 27.5. The fraction of sp³-hybridized carbons (Fsp3) is 0.571. The van der Waals surface area contributed by atoms with Crippen LogP contribution in [0.3, 0.4) is 0 Å². The lowest BCUT2D eigenvalue weighted by Crippen LogP contribution is -2.52. The molecular formula is C35H50FN3O8. The van der Waals surface area contributed by atoms with E-state index in [0.29, 0.717) is 58.0 Å². The molecule has 3 atom stereocenters. The third-order valence-corrected chi connectivity index (χ3v) is 7.57. The summed E-state index contributed by atoms with van der Waals surface area (Å²) < 4.78 is 33.9. The molecule has 2 aromatic rings. The minimum atomic E-state index is -0.877. The van der Waals surface area contributed by atoms with Crippen LogP contribution in [-0.4, -0.2) is 83.2 Å². The molecule has 0 unspecified atom stereocenters. The molecule has 3 amide bonds. The number of hydrogen-bond donors (Lipinski definition) is 3. The zero-order chi connectivity index (χ0) is 33.7. The summed E-state index contributed by atoms with van der Waals surface area (Å²) in [5.74, 6) is -1.69. The van der Waals surface area contributed by atoms with E-state index in [0.717, 1.165) is 11.1 Å². The number of nitrogens with one attached hydrogen (secondary N) is 3. The van der Waals surface area contributed by atoms with E-state index < -0.39 is 24.6 Å². The first-order chi connectivity index (χ1) is 22.9. The van der Waals surface area contributed by atoms with Crippen LogP contribution < -0.4 is 20.9 Å². The van der Waals surface area contributed by atoms with Gasteiger partial charge in [0.05, 0.1) is 58.8 Å². The van der Waals surface area contributed by atoms with Crippen LogP contribution in [-0.2, 0) is 46.5 Å². The molecule has 0 saturated heterocycles. The Morgan fingerprint density at radius 3 is 2.30 bits per heavy atom. The number of amides is 3. The van der Waals surface area contributed by atoms with Crippen LogP contribution in [0.4, 0.5) is 4.39 Å². The number of hydrogen-bond acceptors (Lipinski definition) is 8. The zero-order valence-corrected chi connectivity index (χ0v) is 27.5. The number of alkyl halides is 1. The summed E-state index contributed by atoms with van der Waals surface area (Å²) in [5.41, 5.74) is 4.32. The smallest absolute Gasteiger partial charge is 0.247 e. The highest BCUT2D eigenvalue weighted by Gasteiger charge is 2.36. The molecule has 2 heterocycles. The topological polar surface area (TPSA) is 133 Å². The molecule has 3 N–H and O–H groups in total. The van der Waals surface area contributed by atoms with Gasteiger partial charge in [0, 0.05) is 18.9 Å². The Bertz CT molecular complexity index is 1190. The first-order valence-corrected chi connectivity index (χ1v) is 16.4. The number of rotatable bonds is 18. The quantitative estimate of drug-likeness (QED) is 0.164. The van der Waals surface area contributed by atoms with Crippen LogP contribution in [0.25, 0.3) is 0 Å². The van der Waals surface area contributed by atoms with Crippen molar-refractivity contribution in [2.75, 3.05) is 59.5 Å². The highest BCUT2D eigenvalue weighted by Crippen LogP contribution is 2.27. The van der Waals surface area contributed by atoms with Crippen LogP contribution >= 0.6 is 0 Å². The molecule has 12 heteroatoms. The second-order valence-electron chi connectivity index (χ2n) is 11.8. The van der Waals surface area contributed by atoms with Crippen molar-refractivity contribution in [3.05, 3.63) is 65.7 Å². The van der Waals surface area contributed by atoms with Crippen molar-refractivity contribution in [2.24, 2.45) is 17.8 Å². The minimum absolute atomic E-state index is 0.0547. The van der Waals surface area contributed by atoms with Crippen LogP contribution in [0.2, 0.25) is 0 Å². The molecule has 47 heavy (non-hydrogen) atoms. The third kappa shape index (κ3) is 14.8. The second-order valence-corrected chi connectivity index (χ2v) is 11.8. The first kappa shape index (κ1) is 37.9. The average molecular weight is 660 g/mol. The van der Waals surface area contributed by atoms with Gasteiger partial charge in [0.15, 0.2) is 0 Å². The first-order valence-electron chi connectivity index (χ1n) is 16.4. The van der Waals surface area contributed by atoms with E-state index in [1.807, 2.05) is 68.4 Å². The molecule has 260 valence electrons. The molecule has 2 aliphatic heterocycles. The van der Waals surface area contributed by atoms with Crippen molar-refractivity contribution in [3.63, 3.8) is 0 Å². The molecule has 0 radical (unpaired) electrons. The summed E-state index contributed by atoms with van der Waals surface area (Å²) in [7, 11) is 0. The Morgan fingerprint density at radius 1 is 0.936 bits per heavy atom. The lowest BCUT2D eigenvalue weighted by atomic mass is 9.81. The molecule has 2 bridgehead atoms. The van der Waals surface area contributed by atoms with E-state index in [1.165, 1.54) is 0 Å². The number of benzene rings is 2. The third-order valence-electron chi connectivity index (χ3n) is 7.57. The number of carbonyl (C=O) groups excluding carboxylic acids is 3. The van der Waals surface area contributed by atoms with Crippen LogP contribution in [0.5, 0.6) is 5.75 Å². The summed E-state index contributed by atoms with van der Waals surface area (Å²) in [6.45, 7) is 5.91. The van der Waals surface area contributed by atoms with E-state index in [4.69, 9.17) is 23.8 Å². The molecule has 2 aliphatic rings.